The number of ether oxygens (including phenoxy) is 1. The monoisotopic (exact) mass is 382 g/mol. The summed E-state index contributed by atoms with van der Waals surface area (Å²) in [5.74, 6) is -1.93. The van der Waals surface area contributed by atoms with E-state index < -0.39 is 28.3 Å². The van der Waals surface area contributed by atoms with Crippen LogP contribution in [-0.4, -0.2) is 22.9 Å². The number of nitro groups is 1. The van der Waals surface area contributed by atoms with Crippen molar-refractivity contribution in [2.24, 2.45) is 0 Å². The molecule has 0 bridgehead atoms. The third-order valence-corrected chi connectivity index (χ3v) is 3.83. The van der Waals surface area contributed by atoms with E-state index in [0.29, 0.717) is 11.1 Å². The van der Waals surface area contributed by atoms with Crippen LogP contribution in [0.25, 0.3) is 11.0 Å². The van der Waals surface area contributed by atoms with Crippen molar-refractivity contribution in [3.8, 4) is 0 Å². The minimum Gasteiger partial charge on any atom is -0.449 e. The first-order valence-corrected chi connectivity index (χ1v) is 8.14. The molecule has 142 valence electrons. The standard InChI is InChI=1S/C19H14N2O7/c1-11(18(23)20-12-6-8-13(9-7-12)21(25)26)27-19(24)17-10-15(22)14-4-2-3-5-16(14)28-17/h2-11H,1H3,(H,20,23). The molecule has 0 fully saturated rings. The van der Waals surface area contributed by atoms with Crippen LogP contribution < -0.4 is 10.7 Å². The number of carbonyl (C=O) groups is 2. The number of non-ortho nitro benzene ring substituents is 1. The molecule has 9 heteroatoms. The van der Waals surface area contributed by atoms with Crippen molar-refractivity contribution in [1.82, 2.24) is 0 Å². The van der Waals surface area contributed by atoms with E-state index in [1.54, 1.807) is 18.2 Å². The SMILES string of the molecule is CC(OC(=O)c1cc(=O)c2ccccc2o1)C(=O)Nc1ccc([N+](=O)[O-])cc1. The number of anilines is 1. The van der Waals surface area contributed by atoms with Crippen molar-refractivity contribution >= 4 is 34.2 Å². The molecule has 1 atom stereocenters. The number of amides is 1. The van der Waals surface area contributed by atoms with Crippen LogP contribution in [0.5, 0.6) is 0 Å². The van der Waals surface area contributed by atoms with E-state index in [1.165, 1.54) is 37.3 Å². The van der Waals surface area contributed by atoms with Crippen LogP contribution >= 0.6 is 0 Å². The topological polar surface area (TPSA) is 129 Å². The number of benzene rings is 2. The minimum atomic E-state index is -1.19. The number of para-hydroxylation sites is 1. The lowest BCUT2D eigenvalue weighted by atomic mass is 10.2. The first kappa shape index (κ1) is 18.8. The van der Waals surface area contributed by atoms with Crippen LogP contribution in [0.1, 0.15) is 17.5 Å². The van der Waals surface area contributed by atoms with Gasteiger partial charge in [-0.15, -0.1) is 0 Å². The molecule has 0 aliphatic heterocycles. The molecule has 0 saturated heterocycles. The molecule has 0 spiro atoms. The Bertz CT molecular complexity index is 1120. The van der Waals surface area contributed by atoms with Gasteiger partial charge in [-0.2, -0.15) is 0 Å². The first-order chi connectivity index (χ1) is 13.3. The third-order valence-electron chi connectivity index (χ3n) is 3.83. The molecular formula is C19H14N2O7. The zero-order valence-corrected chi connectivity index (χ0v) is 14.6. The molecule has 1 amide bonds. The van der Waals surface area contributed by atoms with Crippen molar-refractivity contribution in [2.75, 3.05) is 5.32 Å². The molecule has 0 aliphatic rings. The average molecular weight is 382 g/mol. The molecule has 9 nitrogen and oxygen atoms in total. The lowest BCUT2D eigenvalue weighted by Crippen LogP contribution is -2.30. The maximum Gasteiger partial charge on any atom is 0.375 e. The van der Waals surface area contributed by atoms with Gasteiger partial charge in [0.1, 0.15) is 5.58 Å². The van der Waals surface area contributed by atoms with Gasteiger partial charge in [-0.3, -0.25) is 19.7 Å². The van der Waals surface area contributed by atoms with Gasteiger partial charge in [0.2, 0.25) is 5.76 Å². The highest BCUT2D eigenvalue weighted by atomic mass is 16.6. The molecule has 0 saturated carbocycles. The second-order valence-electron chi connectivity index (χ2n) is 5.81. The summed E-state index contributed by atoms with van der Waals surface area (Å²) in [6.45, 7) is 1.35. The highest BCUT2D eigenvalue weighted by molar-refractivity contribution is 5.97. The molecule has 0 radical (unpaired) electrons. The Morgan fingerprint density at radius 3 is 2.50 bits per heavy atom. The number of fused-ring (bicyclic) bond motifs is 1. The van der Waals surface area contributed by atoms with E-state index in [9.17, 15) is 24.5 Å². The van der Waals surface area contributed by atoms with E-state index in [2.05, 4.69) is 5.32 Å². The molecule has 1 unspecified atom stereocenters. The first-order valence-electron chi connectivity index (χ1n) is 8.14. The van der Waals surface area contributed by atoms with Gasteiger partial charge in [-0.25, -0.2) is 4.79 Å². The number of carbonyl (C=O) groups excluding carboxylic acids is 2. The molecule has 2 aromatic carbocycles. The summed E-state index contributed by atoms with van der Waals surface area (Å²) in [6, 6.07) is 12.6. The van der Waals surface area contributed by atoms with Gasteiger partial charge in [0.05, 0.1) is 10.3 Å². The fraction of sp³-hybridized carbons (Fsp3) is 0.105. The van der Waals surface area contributed by atoms with Crippen molar-refractivity contribution in [2.45, 2.75) is 13.0 Å². The lowest BCUT2D eigenvalue weighted by Gasteiger charge is -2.13. The smallest absolute Gasteiger partial charge is 0.375 e. The molecule has 3 aromatic rings. The Balaban J connectivity index is 1.69. The fourth-order valence-corrected chi connectivity index (χ4v) is 2.39. The zero-order valence-electron chi connectivity index (χ0n) is 14.6. The van der Waals surface area contributed by atoms with Gasteiger partial charge in [0.15, 0.2) is 11.5 Å². The maximum atomic E-state index is 12.2. The Morgan fingerprint density at radius 1 is 1.14 bits per heavy atom. The lowest BCUT2D eigenvalue weighted by molar-refractivity contribution is -0.384. The molecule has 1 heterocycles. The summed E-state index contributed by atoms with van der Waals surface area (Å²) >= 11 is 0. The second-order valence-corrected chi connectivity index (χ2v) is 5.81. The van der Waals surface area contributed by atoms with Crippen molar-refractivity contribution in [3.05, 3.63) is 80.7 Å². The van der Waals surface area contributed by atoms with Gasteiger partial charge in [0.25, 0.3) is 11.6 Å². The van der Waals surface area contributed by atoms with Gasteiger partial charge >= 0.3 is 5.97 Å². The zero-order chi connectivity index (χ0) is 20.3. The maximum absolute atomic E-state index is 12.2. The van der Waals surface area contributed by atoms with E-state index in [-0.39, 0.29) is 17.0 Å². The normalized spacial score (nSPS) is 11.6. The summed E-state index contributed by atoms with van der Waals surface area (Å²) in [5.41, 5.74) is 0.00117. The van der Waals surface area contributed by atoms with Crippen molar-refractivity contribution < 1.29 is 23.7 Å². The van der Waals surface area contributed by atoms with Gasteiger partial charge in [0, 0.05) is 23.9 Å². The van der Waals surface area contributed by atoms with Crippen molar-refractivity contribution in [1.29, 1.82) is 0 Å². The van der Waals surface area contributed by atoms with E-state index >= 15 is 0 Å². The van der Waals surface area contributed by atoms with Crippen LogP contribution in [0.3, 0.4) is 0 Å². The van der Waals surface area contributed by atoms with E-state index in [1.807, 2.05) is 0 Å². The van der Waals surface area contributed by atoms with Gasteiger partial charge in [-0.1, -0.05) is 12.1 Å². The number of hydrogen-bond donors (Lipinski definition) is 1. The molecule has 28 heavy (non-hydrogen) atoms. The molecule has 1 N–H and O–H groups in total. The Morgan fingerprint density at radius 2 is 1.82 bits per heavy atom. The van der Waals surface area contributed by atoms with Crippen molar-refractivity contribution in [3.63, 3.8) is 0 Å². The number of nitro benzene ring substituents is 1. The molecular weight excluding hydrogens is 368 g/mol. The predicted octanol–water partition coefficient (Wildman–Crippen LogP) is 2.89. The number of esters is 1. The number of rotatable bonds is 5. The number of nitrogens with one attached hydrogen (secondary N) is 1. The Labute approximate surface area is 157 Å². The number of nitrogens with zero attached hydrogens (tertiary/aromatic N) is 1. The summed E-state index contributed by atoms with van der Waals surface area (Å²) in [5, 5.41) is 13.4. The van der Waals surface area contributed by atoms with Crippen LogP contribution in [0, 0.1) is 10.1 Å². The highest BCUT2D eigenvalue weighted by Gasteiger charge is 2.21. The second kappa shape index (κ2) is 7.70. The quantitative estimate of drug-likeness (QED) is 0.408. The Hall–Kier alpha value is -4.01. The average Bonchev–Trinajstić information content (AvgIpc) is 2.68. The fourth-order valence-electron chi connectivity index (χ4n) is 2.39. The minimum absolute atomic E-state index is 0.121. The van der Waals surface area contributed by atoms with Crippen LogP contribution in [-0.2, 0) is 9.53 Å². The molecule has 1 aromatic heterocycles. The molecule has 3 rings (SSSR count). The Kier molecular flexibility index (Phi) is 5.16. The van der Waals surface area contributed by atoms with E-state index in [4.69, 9.17) is 9.15 Å². The molecule has 0 aliphatic carbocycles. The summed E-state index contributed by atoms with van der Waals surface area (Å²) in [7, 11) is 0. The highest BCUT2D eigenvalue weighted by Crippen LogP contribution is 2.16. The summed E-state index contributed by atoms with van der Waals surface area (Å²) < 4.78 is 10.4. The van der Waals surface area contributed by atoms with Crippen LogP contribution in [0.4, 0.5) is 11.4 Å². The largest absolute Gasteiger partial charge is 0.449 e. The third kappa shape index (κ3) is 4.04. The van der Waals surface area contributed by atoms with Gasteiger partial charge in [-0.05, 0) is 31.2 Å². The predicted molar refractivity (Wildman–Crippen MR) is 99.1 cm³/mol. The summed E-state index contributed by atoms with van der Waals surface area (Å²) in [6.07, 6.45) is -1.19. The van der Waals surface area contributed by atoms with Crippen LogP contribution in [0.2, 0.25) is 0 Å². The van der Waals surface area contributed by atoms with Gasteiger partial charge < -0.3 is 14.5 Å². The van der Waals surface area contributed by atoms with E-state index in [0.717, 1.165) is 6.07 Å². The number of hydrogen-bond acceptors (Lipinski definition) is 7. The van der Waals surface area contributed by atoms with Crippen LogP contribution in [0.15, 0.2) is 63.8 Å². The summed E-state index contributed by atoms with van der Waals surface area (Å²) in [4.78, 5) is 46.5.